The van der Waals surface area contributed by atoms with Gasteiger partial charge in [-0.1, -0.05) is 121 Å². The second-order valence-corrected chi connectivity index (χ2v) is 15.6. The Balaban J connectivity index is 0.973. The van der Waals surface area contributed by atoms with Gasteiger partial charge in [0.2, 0.25) is 0 Å². The van der Waals surface area contributed by atoms with Crippen molar-refractivity contribution in [2.24, 2.45) is 14.1 Å². The predicted molar refractivity (Wildman–Crippen MR) is 255 cm³/mol. The van der Waals surface area contributed by atoms with Crippen molar-refractivity contribution in [3.63, 3.8) is 0 Å². The highest BCUT2D eigenvalue weighted by Gasteiger charge is 2.19. The minimum Gasteiger partial charge on any atom is -0.344 e. The molecule has 0 radical (unpaired) electrons. The van der Waals surface area contributed by atoms with Crippen molar-refractivity contribution in [3.8, 4) is 22.3 Å². The van der Waals surface area contributed by atoms with Gasteiger partial charge in [0.15, 0.2) is 0 Å². The third-order valence-electron chi connectivity index (χ3n) is 12.1. The molecule has 0 amide bonds. The van der Waals surface area contributed by atoms with Crippen molar-refractivity contribution in [2.45, 2.75) is 0 Å². The fourth-order valence-corrected chi connectivity index (χ4v) is 9.10. The molecule has 0 spiro atoms. The molecule has 0 bridgehead atoms. The zero-order chi connectivity index (χ0) is 40.2. The van der Waals surface area contributed by atoms with Crippen LogP contribution in [-0.4, -0.2) is 9.13 Å². The Morgan fingerprint density at radius 2 is 0.583 bits per heavy atom. The molecule has 11 rings (SSSR count). The first-order chi connectivity index (χ1) is 29.6. The standard InChI is InChI=1S/C56H42N4/c1-57-53-33-25-41(35-51(53)49-31-29-47(37-55(49)57)59(43-17-9-4-10-18-43)44-19-11-5-12-20-44)42-26-34-54-52(36-42)50-32-30-48(38-56(50)58(54)2)60(45-21-13-6-14-22-45)46-27-23-40(24-28-46)39-15-7-3-8-16-39/h3-38H,1-2H3. The molecule has 4 nitrogen and oxygen atoms in total. The number of nitrogens with zero attached hydrogens (tertiary/aromatic N) is 4. The number of anilines is 6. The molecule has 9 aromatic carbocycles. The largest absolute Gasteiger partial charge is 0.344 e. The molecule has 0 saturated carbocycles. The lowest BCUT2D eigenvalue weighted by Crippen LogP contribution is -2.09. The molecular formula is C56H42N4. The third kappa shape index (κ3) is 6.00. The van der Waals surface area contributed by atoms with Gasteiger partial charge >= 0.3 is 0 Å². The second-order valence-electron chi connectivity index (χ2n) is 15.6. The molecule has 60 heavy (non-hydrogen) atoms. The fraction of sp³-hybridized carbons (Fsp3) is 0.0357. The summed E-state index contributed by atoms with van der Waals surface area (Å²) in [4.78, 5) is 4.67. The maximum atomic E-state index is 2.37. The van der Waals surface area contributed by atoms with Crippen LogP contribution in [0.3, 0.4) is 0 Å². The van der Waals surface area contributed by atoms with E-state index >= 15 is 0 Å². The van der Waals surface area contributed by atoms with Crippen LogP contribution in [-0.2, 0) is 14.1 Å². The van der Waals surface area contributed by atoms with Crippen LogP contribution >= 0.6 is 0 Å². The Labute approximate surface area is 350 Å². The summed E-state index contributed by atoms with van der Waals surface area (Å²) in [6.45, 7) is 0. The molecule has 2 aromatic heterocycles. The summed E-state index contributed by atoms with van der Waals surface area (Å²) in [5.41, 5.74) is 16.4. The quantitative estimate of drug-likeness (QED) is 0.153. The summed E-state index contributed by atoms with van der Waals surface area (Å²) in [7, 11) is 4.36. The monoisotopic (exact) mass is 770 g/mol. The van der Waals surface area contributed by atoms with Crippen LogP contribution in [0.25, 0.3) is 65.9 Å². The molecule has 0 fully saturated rings. The number of para-hydroxylation sites is 3. The highest BCUT2D eigenvalue weighted by molar-refractivity contribution is 6.12. The first-order valence-corrected chi connectivity index (χ1v) is 20.5. The minimum absolute atomic E-state index is 1.12. The SMILES string of the molecule is Cn1c2ccc(-c3ccc4c(c3)c3ccc(N(c5ccccc5)c5ccc(-c6ccccc6)cc5)cc3n4C)cc2c2ccc(N(c3ccccc3)c3ccccc3)cc21. The Bertz CT molecular complexity index is 3270. The summed E-state index contributed by atoms with van der Waals surface area (Å²) in [5, 5.41) is 4.99. The zero-order valence-corrected chi connectivity index (χ0v) is 33.6. The maximum Gasteiger partial charge on any atom is 0.0509 e. The van der Waals surface area contributed by atoms with E-state index in [9.17, 15) is 0 Å². The topological polar surface area (TPSA) is 16.3 Å². The van der Waals surface area contributed by atoms with Gasteiger partial charge in [-0.3, -0.25) is 0 Å². The average molecular weight is 771 g/mol. The number of aromatic nitrogens is 2. The average Bonchev–Trinajstić information content (AvgIpc) is 3.76. The van der Waals surface area contributed by atoms with E-state index in [-0.39, 0.29) is 0 Å². The molecule has 0 N–H and O–H groups in total. The molecule has 2 heterocycles. The van der Waals surface area contributed by atoms with Crippen molar-refractivity contribution in [3.05, 3.63) is 218 Å². The van der Waals surface area contributed by atoms with Crippen LogP contribution in [0, 0.1) is 0 Å². The lowest BCUT2D eigenvalue weighted by Gasteiger charge is -2.26. The van der Waals surface area contributed by atoms with Crippen LogP contribution in [0.4, 0.5) is 34.1 Å². The van der Waals surface area contributed by atoms with E-state index < -0.39 is 0 Å². The van der Waals surface area contributed by atoms with Crippen molar-refractivity contribution in [2.75, 3.05) is 9.80 Å². The number of fused-ring (bicyclic) bond motifs is 6. The number of hydrogen-bond acceptors (Lipinski definition) is 2. The van der Waals surface area contributed by atoms with E-state index in [4.69, 9.17) is 0 Å². The smallest absolute Gasteiger partial charge is 0.0509 e. The summed E-state index contributed by atoms with van der Waals surface area (Å²) in [6, 6.07) is 78.9. The van der Waals surface area contributed by atoms with Crippen molar-refractivity contribution < 1.29 is 0 Å². The number of hydrogen-bond donors (Lipinski definition) is 0. The molecule has 286 valence electrons. The van der Waals surface area contributed by atoms with E-state index in [2.05, 4.69) is 251 Å². The lowest BCUT2D eigenvalue weighted by molar-refractivity contribution is 1.01. The first kappa shape index (κ1) is 35.4. The Hall–Kier alpha value is -7.82. The Kier molecular flexibility index (Phi) is 8.56. The molecule has 4 heteroatoms. The van der Waals surface area contributed by atoms with Gasteiger partial charge in [-0.25, -0.2) is 0 Å². The van der Waals surface area contributed by atoms with Crippen molar-refractivity contribution in [1.29, 1.82) is 0 Å². The highest BCUT2D eigenvalue weighted by atomic mass is 15.1. The predicted octanol–water partition coefficient (Wildman–Crippen LogP) is 15.2. The molecule has 0 aliphatic heterocycles. The molecule has 0 unspecified atom stereocenters. The highest BCUT2D eigenvalue weighted by Crippen LogP contribution is 2.42. The van der Waals surface area contributed by atoms with E-state index in [0.29, 0.717) is 0 Å². The van der Waals surface area contributed by atoms with E-state index in [1.165, 1.54) is 65.9 Å². The van der Waals surface area contributed by atoms with E-state index in [0.717, 1.165) is 34.1 Å². The van der Waals surface area contributed by atoms with Crippen LogP contribution in [0.1, 0.15) is 0 Å². The van der Waals surface area contributed by atoms with Crippen LogP contribution in [0.5, 0.6) is 0 Å². The summed E-state index contributed by atoms with van der Waals surface area (Å²) in [5.74, 6) is 0. The van der Waals surface area contributed by atoms with Crippen LogP contribution < -0.4 is 9.80 Å². The Morgan fingerprint density at radius 3 is 1.00 bits per heavy atom. The molecule has 0 aliphatic carbocycles. The minimum atomic E-state index is 1.12. The maximum absolute atomic E-state index is 2.37. The van der Waals surface area contributed by atoms with Gasteiger partial charge in [0.25, 0.3) is 0 Å². The second kappa shape index (κ2) is 14.5. The third-order valence-corrected chi connectivity index (χ3v) is 12.1. The summed E-state index contributed by atoms with van der Waals surface area (Å²) < 4.78 is 4.66. The Morgan fingerprint density at radius 1 is 0.250 bits per heavy atom. The number of benzene rings is 9. The van der Waals surface area contributed by atoms with Crippen molar-refractivity contribution >= 4 is 77.7 Å². The molecule has 11 aromatic rings. The van der Waals surface area contributed by atoms with Crippen molar-refractivity contribution in [1.82, 2.24) is 9.13 Å². The van der Waals surface area contributed by atoms with Gasteiger partial charge in [-0.15, -0.1) is 0 Å². The molecule has 0 atom stereocenters. The van der Waals surface area contributed by atoms with Gasteiger partial charge in [0.05, 0.1) is 11.0 Å². The molecular weight excluding hydrogens is 729 g/mol. The lowest BCUT2D eigenvalue weighted by atomic mass is 10.0. The first-order valence-electron chi connectivity index (χ1n) is 20.5. The van der Waals surface area contributed by atoms with Crippen LogP contribution in [0.15, 0.2) is 218 Å². The number of aryl methyl sites for hydroxylation is 2. The summed E-state index contributed by atoms with van der Waals surface area (Å²) >= 11 is 0. The van der Waals surface area contributed by atoms with Gasteiger partial charge in [0, 0.05) is 80.8 Å². The van der Waals surface area contributed by atoms with Gasteiger partial charge in [-0.05, 0) is 119 Å². The molecule has 0 saturated heterocycles. The van der Waals surface area contributed by atoms with Gasteiger partial charge in [0.1, 0.15) is 0 Å². The zero-order valence-electron chi connectivity index (χ0n) is 33.6. The normalized spacial score (nSPS) is 11.5. The molecule has 0 aliphatic rings. The van der Waals surface area contributed by atoms with Crippen LogP contribution in [0.2, 0.25) is 0 Å². The van der Waals surface area contributed by atoms with E-state index in [1.807, 2.05) is 0 Å². The summed E-state index contributed by atoms with van der Waals surface area (Å²) in [6.07, 6.45) is 0. The number of rotatable bonds is 8. The van der Waals surface area contributed by atoms with Gasteiger partial charge < -0.3 is 18.9 Å². The van der Waals surface area contributed by atoms with Gasteiger partial charge in [-0.2, -0.15) is 0 Å². The fourth-order valence-electron chi connectivity index (χ4n) is 9.10. The van der Waals surface area contributed by atoms with E-state index in [1.54, 1.807) is 0 Å².